The molecule has 1 amide bonds. The van der Waals surface area contributed by atoms with Crippen molar-refractivity contribution in [3.8, 4) is 17.6 Å². The Kier molecular flexibility index (Phi) is 7.85. The molecule has 0 spiro atoms. The molecule has 162 valence electrons. The van der Waals surface area contributed by atoms with Gasteiger partial charge in [0.25, 0.3) is 5.91 Å². The highest BCUT2D eigenvalue weighted by atomic mass is 35.5. The molecule has 0 aliphatic heterocycles. The fraction of sp³-hybridized carbons (Fsp3) is 0.160. The second-order valence-corrected chi connectivity index (χ2v) is 7.38. The Morgan fingerprint density at radius 1 is 1.03 bits per heavy atom. The third-order valence-electron chi connectivity index (χ3n) is 4.59. The minimum Gasteiger partial charge on any atom is -0.478 e. The van der Waals surface area contributed by atoms with Gasteiger partial charge in [0.05, 0.1) is 5.56 Å². The minimum absolute atomic E-state index is 0.167. The molecule has 1 N–H and O–H groups in total. The number of halogens is 1. The van der Waals surface area contributed by atoms with Gasteiger partial charge in [-0.15, -0.1) is 0 Å². The summed E-state index contributed by atoms with van der Waals surface area (Å²) in [5.41, 5.74) is 1.87. The second kappa shape index (κ2) is 11.0. The Bertz CT molecular complexity index is 1120. The molecule has 32 heavy (non-hydrogen) atoms. The van der Waals surface area contributed by atoms with Gasteiger partial charge in [-0.1, -0.05) is 35.9 Å². The number of para-hydroxylation sites is 1. The van der Waals surface area contributed by atoms with E-state index in [1.807, 2.05) is 18.2 Å². The van der Waals surface area contributed by atoms with Gasteiger partial charge in [-0.05, 0) is 67.4 Å². The van der Waals surface area contributed by atoms with Gasteiger partial charge < -0.3 is 14.8 Å². The lowest BCUT2D eigenvalue weighted by molar-refractivity contribution is -0.141. The second-order valence-electron chi connectivity index (χ2n) is 6.95. The van der Waals surface area contributed by atoms with E-state index in [0.717, 1.165) is 5.56 Å². The summed E-state index contributed by atoms with van der Waals surface area (Å²) < 4.78 is 10.9. The minimum atomic E-state index is -0.882. The first-order valence-electron chi connectivity index (χ1n) is 9.96. The van der Waals surface area contributed by atoms with Crippen molar-refractivity contribution >= 4 is 23.5 Å². The number of nitriles is 1. The van der Waals surface area contributed by atoms with E-state index in [0.29, 0.717) is 40.6 Å². The van der Waals surface area contributed by atoms with Gasteiger partial charge in [0.2, 0.25) is 0 Å². The van der Waals surface area contributed by atoms with Crippen LogP contribution in [0.25, 0.3) is 0 Å². The van der Waals surface area contributed by atoms with E-state index in [1.165, 1.54) is 0 Å². The first kappa shape index (κ1) is 22.9. The van der Waals surface area contributed by atoms with E-state index in [1.54, 1.807) is 67.6 Å². The highest BCUT2D eigenvalue weighted by Crippen LogP contribution is 2.19. The molecule has 0 aromatic heterocycles. The van der Waals surface area contributed by atoms with E-state index in [-0.39, 0.29) is 5.91 Å². The molecule has 3 aromatic carbocycles. The predicted octanol–water partition coefficient (Wildman–Crippen LogP) is 4.56. The van der Waals surface area contributed by atoms with Crippen LogP contribution < -0.4 is 14.8 Å². The number of hydrogen-bond acceptors (Lipinski definition) is 5. The van der Waals surface area contributed by atoms with Crippen LogP contribution in [0.2, 0.25) is 5.02 Å². The summed E-state index contributed by atoms with van der Waals surface area (Å²) in [4.78, 5) is 24.4. The molecule has 0 saturated heterocycles. The first-order chi connectivity index (χ1) is 15.5. The quantitative estimate of drug-likeness (QED) is 0.403. The first-order valence-corrected chi connectivity index (χ1v) is 10.3. The third-order valence-corrected chi connectivity index (χ3v) is 4.84. The van der Waals surface area contributed by atoms with E-state index < -0.39 is 12.1 Å². The number of carbonyl (C=O) groups excluding carboxylic acids is 2. The smallest absolute Gasteiger partial charge is 0.352 e. The molecule has 3 aromatic rings. The largest absolute Gasteiger partial charge is 0.478 e. The van der Waals surface area contributed by atoms with Crippen LogP contribution in [0.15, 0.2) is 72.8 Å². The van der Waals surface area contributed by atoms with Crippen molar-refractivity contribution < 1.29 is 19.1 Å². The fourth-order valence-electron chi connectivity index (χ4n) is 2.85. The number of carbonyl (C=O) groups is 2. The van der Waals surface area contributed by atoms with Gasteiger partial charge in [0.1, 0.15) is 17.6 Å². The molecule has 0 unspecified atom stereocenters. The molecular weight excluding hydrogens is 428 g/mol. The molecular formula is C25H21ClN2O4. The maximum atomic E-state index is 12.3. The molecule has 0 radical (unpaired) electrons. The van der Waals surface area contributed by atoms with Gasteiger partial charge in [0, 0.05) is 17.1 Å². The molecule has 6 nitrogen and oxygen atoms in total. The Morgan fingerprint density at radius 2 is 1.72 bits per heavy atom. The normalized spacial score (nSPS) is 11.2. The van der Waals surface area contributed by atoms with Crippen molar-refractivity contribution in [2.75, 3.05) is 6.54 Å². The number of ether oxygens (including phenoxy) is 2. The zero-order valence-electron chi connectivity index (χ0n) is 17.4. The number of hydrogen-bond donors (Lipinski definition) is 1. The molecule has 0 aliphatic rings. The van der Waals surface area contributed by atoms with Gasteiger partial charge in [-0.25, -0.2) is 4.79 Å². The average Bonchev–Trinajstić information content (AvgIpc) is 2.81. The Hall–Kier alpha value is -3.82. The summed E-state index contributed by atoms with van der Waals surface area (Å²) in [6, 6.07) is 22.4. The maximum absolute atomic E-state index is 12.3. The topological polar surface area (TPSA) is 88.4 Å². The number of esters is 1. The molecule has 7 heteroatoms. The van der Waals surface area contributed by atoms with Gasteiger partial charge in [0.15, 0.2) is 6.10 Å². The monoisotopic (exact) mass is 448 g/mol. The van der Waals surface area contributed by atoms with Crippen LogP contribution in [-0.2, 0) is 11.2 Å². The SMILES string of the molecule is C[C@H](Oc1ccccc1C#N)C(=O)Oc1ccc(CCNC(=O)c2ccc(Cl)cc2)cc1. The van der Waals surface area contributed by atoms with Crippen LogP contribution in [0, 0.1) is 11.3 Å². The van der Waals surface area contributed by atoms with Gasteiger partial charge in [-0.3, -0.25) is 4.79 Å². The molecule has 0 heterocycles. The molecule has 0 fully saturated rings. The van der Waals surface area contributed by atoms with Crippen molar-refractivity contribution in [2.24, 2.45) is 0 Å². The van der Waals surface area contributed by atoms with E-state index in [2.05, 4.69) is 5.32 Å². The summed E-state index contributed by atoms with van der Waals surface area (Å²) >= 11 is 5.83. The number of rotatable bonds is 8. The van der Waals surface area contributed by atoms with Gasteiger partial charge in [-0.2, -0.15) is 5.26 Å². The van der Waals surface area contributed by atoms with Gasteiger partial charge >= 0.3 is 5.97 Å². The van der Waals surface area contributed by atoms with Crippen molar-refractivity contribution in [1.29, 1.82) is 5.26 Å². The standard InChI is InChI=1S/C25H21ClN2O4/c1-17(31-23-5-3-2-4-20(23)16-27)25(30)32-22-12-6-18(7-13-22)14-15-28-24(29)19-8-10-21(26)11-9-19/h2-13,17H,14-15H2,1H3,(H,28,29)/t17-/m0/s1. The van der Waals surface area contributed by atoms with Crippen molar-refractivity contribution in [3.05, 3.63) is 94.5 Å². The Balaban J connectivity index is 1.47. The van der Waals surface area contributed by atoms with Crippen molar-refractivity contribution in [1.82, 2.24) is 5.32 Å². The van der Waals surface area contributed by atoms with Crippen LogP contribution in [-0.4, -0.2) is 24.5 Å². The predicted molar refractivity (Wildman–Crippen MR) is 121 cm³/mol. The van der Waals surface area contributed by atoms with Crippen LogP contribution in [0.1, 0.15) is 28.4 Å². The third kappa shape index (κ3) is 6.34. The summed E-state index contributed by atoms with van der Waals surface area (Å²) in [5, 5.41) is 12.6. The van der Waals surface area contributed by atoms with Crippen molar-refractivity contribution in [2.45, 2.75) is 19.4 Å². The fourth-order valence-corrected chi connectivity index (χ4v) is 2.97. The van der Waals surface area contributed by atoms with E-state index in [9.17, 15) is 9.59 Å². The highest BCUT2D eigenvalue weighted by Gasteiger charge is 2.18. The van der Waals surface area contributed by atoms with Crippen LogP contribution in [0.4, 0.5) is 0 Å². The summed E-state index contributed by atoms with van der Waals surface area (Å²) in [5.74, 6) is -0.0247. The number of nitrogens with one attached hydrogen (secondary N) is 1. The number of benzene rings is 3. The lowest BCUT2D eigenvalue weighted by Gasteiger charge is -2.14. The summed E-state index contributed by atoms with van der Waals surface area (Å²) in [6.07, 6.45) is -0.259. The maximum Gasteiger partial charge on any atom is 0.352 e. The van der Waals surface area contributed by atoms with Crippen LogP contribution >= 0.6 is 11.6 Å². The molecule has 3 rings (SSSR count). The van der Waals surface area contributed by atoms with Crippen molar-refractivity contribution in [3.63, 3.8) is 0 Å². The summed E-state index contributed by atoms with van der Waals surface area (Å²) in [6.45, 7) is 2.03. The Labute approximate surface area is 191 Å². The lowest BCUT2D eigenvalue weighted by Crippen LogP contribution is -2.28. The number of amides is 1. The zero-order chi connectivity index (χ0) is 22.9. The summed E-state index contributed by atoms with van der Waals surface area (Å²) in [7, 11) is 0. The van der Waals surface area contributed by atoms with Crippen LogP contribution in [0.5, 0.6) is 11.5 Å². The van der Waals surface area contributed by atoms with E-state index in [4.69, 9.17) is 26.3 Å². The molecule has 0 aliphatic carbocycles. The zero-order valence-corrected chi connectivity index (χ0v) is 18.1. The number of nitrogens with zero attached hydrogens (tertiary/aromatic N) is 1. The molecule has 0 saturated carbocycles. The molecule has 1 atom stereocenters. The average molecular weight is 449 g/mol. The van der Waals surface area contributed by atoms with Crippen LogP contribution in [0.3, 0.4) is 0 Å². The highest BCUT2D eigenvalue weighted by molar-refractivity contribution is 6.30. The molecule has 0 bridgehead atoms. The lowest BCUT2D eigenvalue weighted by atomic mass is 10.1. The van der Waals surface area contributed by atoms with E-state index >= 15 is 0 Å². The Morgan fingerprint density at radius 3 is 2.41 bits per heavy atom.